The van der Waals surface area contributed by atoms with Gasteiger partial charge in [0.2, 0.25) is 0 Å². The monoisotopic (exact) mass is 227 g/mol. The summed E-state index contributed by atoms with van der Waals surface area (Å²) in [6.07, 6.45) is 0. The molecule has 0 aliphatic carbocycles. The third-order valence-corrected chi connectivity index (χ3v) is 2.98. The summed E-state index contributed by atoms with van der Waals surface area (Å²) >= 11 is 6.62. The third kappa shape index (κ3) is 3.29. The van der Waals surface area contributed by atoms with E-state index in [-0.39, 0.29) is 6.61 Å². The SMILES string of the molecule is NC(=S)c1ccccc1CSCCO. The topological polar surface area (TPSA) is 46.2 Å². The molecule has 76 valence electrons. The van der Waals surface area contributed by atoms with Gasteiger partial charge in [0.05, 0.1) is 6.61 Å². The Morgan fingerprint density at radius 3 is 2.79 bits per heavy atom. The standard InChI is InChI=1S/C10H13NOS2/c11-10(13)9-4-2-1-3-8(9)7-14-6-5-12/h1-4,12H,5-7H2,(H2,11,13). The highest BCUT2D eigenvalue weighted by molar-refractivity contribution is 7.98. The zero-order valence-corrected chi connectivity index (χ0v) is 9.40. The maximum atomic E-state index is 8.65. The van der Waals surface area contributed by atoms with E-state index in [1.54, 1.807) is 11.8 Å². The first kappa shape index (κ1) is 11.5. The largest absolute Gasteiger partial charge is 0.396 e. The maximum Gasteiger partial charge on any atom is 0.104 e. The Kier molecular flexibility index (Phi) is 4.93. The van der Waals surface area contributed by atoms with Crippen LogP contribution in [0, 0.1) is 0 Å². The Balaban J connectivity index is 2.69. The fraction of sp³-hybridized carbons (Fsp3) is 0.300. The van der Waals surface area contributed by atoms with Crippen LogP contribution in [0.3, 0.4) is 0 Å². The molecule has 3 N–H and O–H groups in total. The summed E-state index contributed by atoms with van der Waals surface area (Å²) in [5, 5.41) is 8.65. The molecule has 0 aromatic heterocycles. The van der Waals surface area contributed by atoms with Gasteiger partial charge in [0, 0.05) is 17.1 Å². The molecule has 0 aliphatic rings. The molecule has 0 fully saturated rings. The quantitative estimate of drug-likeness (QED) is 0.592. The molecule has 0 saturated carbocycles. The molecule has 0 aliphatic heterocycles. The number of thiocarbonyl (C=S) groups is 1. The molecule has 1 aromatic rings. The van der Waals surface area contributed by atoms with Gasteiger partial charge in [-0.3, -0.25) is 0 Å². The summed E-state index contributed by atoms with van der Waals surface area (Å²) in [7, 11) is 0. The van der Waals surface area contributed by atoms with Crippen molar-refractivity contribution in [3.05, 3.63) is 35.4 Å². The van der Waals surface area contributed by atoms with Gasteiger partial charge in [-0.1, -0.05) is 36.5 Å². The van der Waals surface area contributed by atoms with Crippen molar-refractivity contribution in [3.63, 3.8) is 0 Å². The van der Waals surface area contributed by atoms with Crippen LogP contribution in [0.5, 0.6) is 0 Å². The van der Waals surface area contributed by atoms with Gasteiger partial charge >= 0.3 is 0 Å². The van der Waals surface area contributed by atoms with Gasteiger partial charge in [-0.2, -0.15) is 11.8 Å². The lowest BCUT2D eigenvalue weighted by Gasteiger charge is -2.06. The van der Waals surface area contributed by atoms with E-state index in [4.69, 9.17) is 23.1 Å². The summed E-state index contributed by atoms with van der Waals surface area (Å²) in [6.45, 7) is 0.208. The van der Waals surface area contributed by atoms with Crippen molar-refractivity contribution in [3.8, 4) is 0 Å². The molecule has 0 bridgehead atoms. The van der Waals surface area contributed by atoms with E-state index in [1.165, 1.54) is 0 Å². The maximum absolute atomic E-state index is 8.65. The molecule has 0 heterocycles. The van der Waals surface area contributed by atoms with Crippen LogP contribution in [0.15, 0.2) is 24.3 Å². The van der Waals surface area contributed by atoms with Gasteiger partial charge in [0.1, 0.15) is 4.99 Å². The van der Waals surface area contributed by atoms with Crippen molar-refractivity contribution in [2.45, 2.75) is 5.75 Å². The lowest BCUT2D eigenvalue weighted by molar-refractivity contribution is 0.322. The summed E-state index contributed by atoms with van der Waals surface area (Å²) in [6, 6.07) is 7.83. The number of aliphatic hydroxyl groups is 1. The van der Waals surface area contributed by atoms with Crippen LogP contribution in [0.2, 0.25) is 0 Å². The van der Waals surface area contributed by atoms with E-state index in [2.05, 4.69) is 0 Å². The molecule has 0 unspecified atom stereocenters. The lowest BCUT2D eigenvalue weighted by Crippen LogP contribution is -2.11. The van der Waals surface area contributed by atoms with Gasteiger partial charge in [-0.15, -0.1) is 0 Å². The van der Waals surface area contributed by atoms with Crippen molar-refractivity contribution >= 4 is 29.0 Å². The van der Waals surface area contributed by atoms with E-state index >= 15 is 0 Å². The fourth-order valence-electron chi connectivity index (χ4n) is 1.13. The minimum atomic E-state index is 0.208. The highest BCUT2D eigenvalue weighted by atomic mass is 32.2. The van der Waals surface area contributed by atoms with E-state index < -0.39 is 0 Å². The second-order valence-corrected chi connectivity index (χ2v) is 4.34. The van der Waals surface area contributed by atoms with Crippen molar-refractivity contribution < 1.29 is 5.11 Å². The van der Waals surface area contributed by atoms with Crippen LogP contribution in [0.4, 0.5) is 0 Å². The second kappa shape index (κ2) is 6.01. The minimum absolute atomic E-state index is 0.208. The minimum Gasteiger partial charge on any atom is -0.396 e. The Hall–Kier alpha value is -0.580. The first-order valence-electron chi connectivity index (χ1n) is 4.32. The van der Waals surface area contributed by atoms with E-state index in [0.717, 1.165) is 22.6 Å². The molecule has 0 spiro atoms. The predicted octanol–water partition coefficient (Wildman–Crippen LogP) is 1.55. The van der Waals surface area contributed by atoms with Gasteiger partial charge in [-0.05, 0) is 5.56 Å². The fourth-order valence-corrected chi connectivity index (χ4v) is 2.08. The molecular formula is C10H13NOS2. The zero-order chi connectivity index (χ0) is 10.4. The van der Waals surface area contributed by atoms with Gasteiger partial charge in [-0.25, -0.2) is 0 Å². The molecule has 0 amide bonds. The molecule has 4 heteroatoms. The van der Waals surface area contributed by atoms with Gasteiger partial charge < -0.3 is 10.8 Å². The molecule has 1 rings (SSSR count). The Morgan fingerprint density at radius 2 is 2.14 bits per heavy atom. The van der Waals surface area contributed by atoms with Crippen LogP contribution in [0.1, 0.15) is 11.1 Å². The highest BCUT2D eigenvalue weighted by Gasteiger charge is 2.03. The number of hydrogen-bond donors (Lipinski definition) is 2. The average Bonchev–Trinajstić information content (AvgIpc) is 2.19. The van der Waals surface area contributed by atoms with Crippen LogP contribution in [-0.2, 0) is 5.75 Å². The van der Waals surface area contributed by atoms with E-state index in [9.17, 15) is 0 Å². The third-order valence-electron chi connectivity index (χ3n) is 1.78. The zero-order valence-electron chi connectivity index (χ0n) is 7.77. The molecule has 2 nitrogen and oxygen atoms in total. The molecule has 14 heavy (non-hydrogen) atoms. The lowest BCUT2D eigenvalue weighted by atomic mass is 10.1. The number of hydrogen-bond acceptors (Lipinski definition) is 3. The van der Waals surface area contributed by atoms with Crippen LogP contribution < -0.4 is 5.73 Å². The Bertz CT molecular complexity index is 315. The van der Waals surface area contributed by atoms with Crippen molar-refractivity contribution in [1.29, 1.82) is 0 Å². The van der Waals surface area contributed by atoms with Crippen molar-refractivity contribution in [2.24, 2.45) is 5.73 Å². The number of aliphatic hydroxyl groups excluding tert-OH is 1. The van der Waals surface area contributed by atoms with Crippen molar-refractivity contribution in [2.75, 3.05) is 12.4 Å². The van der Waals surface area contributed by atoms with Crippen LogP contribution >= 0.6 is 24.0 Å². The summed E-state index contributed by atoms with van der Waals surface area (Å²) in [5.41, 5.74) is 7.67. The van der Waals surface area contributed by atoms with E-state index in [0.29, 0.717) is 4.99 Å². The number of nitrogens with two attached hydrogens (primary N) is 1. The molecular weight excluding hydrogens is 214 g/mol. The number of rotatable bonds is 5. The summed E-state index contributed by atoms with van der Waals surface area (Å²) < 4.78 is 0. The Morgan fingerprint density at radius 1 is 1.43 bits per heavy atom. The summed E-state index contributed by atoms with van der Waals surface area (Å²) in [5.74, 6) is 1.58. The molecule has 0 saturated heterocycles. The smallest absolute Gasteiger partial charge is 0.104 e. The first-order chi connectivity index (χ1) is 6.75. The predicted molar refractivity (Wildman–Crippen MR) is 65.6 cm³/mol. The average molecular weight is 227 g/mol. The second-order valence-electron chi connectivity index (χ2n) is 2.80. The van der Waals surface area contributed by atoms with Gasteiger partial charge in [0.25, 0.3) is 0 Å². The molecule has 0 atom stereocenters. The first-order valence-corrected chi connectivity index (χ1v) is 5.88. The number of benzene rings is 1. The van der Waals surface area contributed by atoms with Crippen LogP contribution in [-0.4, -0.2) is 22.5 Å². The molecule has 1 aromatic carbocycles. The normalized spacial score (nSPS) is 10.1. The van der Waals surface area contributed by atoms with E-state index in [1.807, 2.05) is 24.3 Å². The van der Waals surface area contributed by atoms with Crippen LogP contribution in [0.25, 0.3) is 0 Å². The van der Waals surface area contributed by atoms with Crippen molar-refractivity contribution in [1.82, 2.24) is 0 Å². The summed E-state index contributed by atoms with van der Waals surface area (Å²) in [4.78, 5) is 0.435. The highest BCUT2D eigenvalue weighted by Crippen LogP contribution is 2.16. The number of thioether (sulfide) groups is 1. The Labute approximate surface area is 93.5 Å². The molecule has 0 radical (unpaired) electrons. The van der Waals surface area contributed by atoms with Gasteiger partial charge in [0.15, 0.2) is 0 Å².